The summed E-state index contributed by atoms with van der Waals surface area (Å²) in [5, 5.41) is 17.4. The van der Waals surface area contributed by atoms with Gasteiger partial charge in [0.2, 0.25) is 0 Å². The molecular formula is C11H12O5. The third-order valence-corrected chi connectivity index (χ3v) is 2.03. The van der Waals surface area contributed by atoms with E-state index in [0.717, 1.165) is 0 Å². The van der Waals surface area contributed by atoms with Gasteiger partial charge < -0.3 is 14.9 Å². The molecule has 5 nitrogen and oxygen atoms in total. The van der Waals surface area contributed by atoms with Crippen LogP contribution in [0.15, 0.2) is 24.3 Å². The molecule has 0 saturated carbocycles. The molecule has 86 valence electrons. The Hall–Kier alpha value is -2.04. The minimum Gasteiger partial charge on any atom is -0.479 e. The zero-order chi connectivity index (χ0) is 12.1. The van der Waals surface area contributed by atoms with E-state index in [1.807, 2.05) is 0 Å². The van der Waals surface area contributed by atoms with Gasteiger partial charge in [-0.1, -0.05) is 6.92 Å². The van der Waals surface area contributed by atoms with Gasteiger partial charge in [-0.15, -0.1) is 0 Å². The highest BCUT2D eigenvalue weighted by Gasteiger charge is 2.16. The first-order chi connectivity index (χ1) is 7.54. The molecule has 0 heterocycles. The van der Waals surface area contributed by atoms with E-state index in [9.17, 15) is 9.59 Å². The lowest BCUT2D eigenvalue weighted by molar-refractivity contribution is -0.145. The number of carbonyl (C=O) groups is 2. The molecule has 0 radical (unpaired) electrons. The van der Waals surface area contributed by atoms with Crippen LogP contribution in [0.2, 0.25) is 0 Å². The summed E-state index contributed by atoms with van der Waals surface area (Å²) in [6.07, 6.45) is -0.564. The predicted molar refractivity (Wildman–Crippen MR) is 55.7 cm³/mol. The highest BCUT2D eigenvalue weighted by Crippen LogP contribution is 2.15. The predicted octanol–water partition coefficient (Wildman–Crippen LogP) is 1.63. The van der Waals surface area contributed by atoms with E-state index in [4.69, 9.17) is 14.9 Å². The van der Waals surface area contributed by atoms with Gasteiger partial charge in [-0.3, -0.25) is 0 Å². The molecular weight excluding hydrogens is 212 g/mol. The Bertz CT molecular complexity index is 382. The molecule has 0 aliphatic rings. The fourth-order valence-corrected chi connectivity index (χ4v) is 1.15. The number of ether oxygens (including phenoxy) is 1. The quantitative estimate of drug-likeness (QED) is 0.794. The maximum absolute atomic E-state index is 10.7. The molecule has 1 rings (SSSR count). The zero-order valence-corrected chi connectivity index (χ0v) is 8.71. The Morgan fingerprint density at radius 2 is 1.81 bits per heavy atom. The van der Waals surface area contributed by atoms with Gasteiger partial charge in [0.1, 0.15) is 5.75 Å². The lowest BCUT2D eigenvalue weighted by atomic mass is 10.2. The summed E-state index contributed by atoms with van der Waals surface area (Å²) in [7, 11) is 0. The lowest BCUT2D eigenvalue weighted by Gasteiger charge is -2.12. The molecule has 2 N–H and O–H groups in total. The first-order valence-corrected chi connectivity index (χ1v) is 4.77. The summed E-state index contributed by atoms with van der Waals surface area (Å²) >= 11 is 0. The number of benzene rings is 1. The standard InChI is InChI=1S/C11H12O5/c1-2-9(11(14)15)16-8-5-3-7(4-6-8)10(12)13/h3-6,9H,2H2,1H3,(H,12,13)(H,14,15)/t9-/m0/s1. The molecule has 1 aromatic carbocycles. The second kappa shape index (κ2) is 5.16. The first kappa shape index (κ1) is 12.0. The molecule has 0 saturated heterocycles. The molecule has 1 atom stereocenters. The van der Waals surface area contributed by atoms with Crippen molar-refractivity contribution in [3.05, 3.63) is 29.8 Å². The normalized spacial score (nSPS) is 11.8. The second-order valence-electron chi connectivity index (χ2n) is 3.18. The van der Waals surface area contributed by atoms with Crippen LogP contribution in [0, 0.1) is 0 Å². The largest absolute Gasteiger partial charge is 0.479 e. The summed E-state index contributed by atoms with van der Waals surface area (Å²) in [6, 6.07) is 5.61. The van der Waals surface area contributed by atoms with Crippen LogP contribution in [0.5, 0.6) is 5.75 Å². The van der Waals surface area contributed by atoms with E-state index >= 15 is 0 Å². The summed E-state index contributed by atoms with van der Waals surface area (Å²) < 4.78 is 5.17. The Kier molecular flexibility index (Phi) is 3.88. The van der Waals surface area contributed by atoms with E-state index < -0.39 is 18.0 Å². The molecule has 5 heteroatoms. The van der Waals surface area contributed by atoms with Crippen molar-refractivity contribution in [2.75, 3.05) is 0 Å². The molecule has 0 aliphatic heterocycles. The van der Waals surface area contributed by atoms with E-state index in [2.05, 4.69) is 0 Å². The molecule has 0 aromatic heterocycles. The fraction of sp³-hybridized carbons (Fsp3) is 0.273. The van der Waals surface area contributed by atoms with E-state index in [0.29, 0.717) is 12.2 Å². The van der Waals surface area contributed by atoms with Crippen molar-refractivity contribution >= 4 is 11.9 Å². The fourth-order valence-electron chi connectivity index (χ4n) is 1.15. The molecule has 0 bridgehead atoms. The SMILES string of the molecule is CC[C@H](Oc1ccc(C(=O)O)cc1)C(=O)O. The van der Waals surface area contributed by atoms with Crippen LogP contribution in [0.25, 0.3) is 0 Å². The highest BCUT2D eigenvalue weighted by molar-refractivity contribution is 5.87. The van der Waals surface area contributed by atoms with Crippen molar-refractivity contribution in [2.24, 2.45) is 0 Å². The lowest BCUT2D eigenvalue weighted by Crippen LogP contribution is -2.25. The monoisotopic (exact) mass is 224 g/mol. The van der Waals surface area contributed by atoms with Crippen molar-refractivity contribution in [3.63, 3.8) is 0 Å². The molecule has 16 heavy (non-hydrogen) atoms. The van der Waals surface area contributed by atoms with E-state index in [-0.39, 0.29) is 5.56 Å². The minimum atomic E-state index is -1.04. The average Bonchev–Trinajstić information content (AvgIpc) is 2.26. The molecule has 0 amide bonds. The zero-order valence-electron chi connectivity index (χ0n) is 8.71. The van der Waals surface area contributed by atoms with Crippen molar-refractivity contribution in [3.8, 4) is 5.75 Å². The Morgan fingerprint density at radius 3 is 2.19 bits per heavy atom. The van der Waals surface area contributed by atoms with Gasteiger partial charge in [-0.2, -0.15) is 0 Å². The van der Waals surface area contributed by atoms with Gasteiger partial charge >= 0.3 is 11.9 Å². The summed E-state index contributed by atoms with van der Waals surface area (Å²) in [4.78, 5) is 21.3. The Labute approximate surface area is 92.3 Å². The van der Waals surface area contributed by atoms with Gasteiger partial charge in [0.25, 0.3) is 0 Å². The smallest absolute Gasteiger partial charge is 0.344 e. The number of aliphatic carboxylic acids is 1. The van der Waals surface area contributed by atoms with Crippen LogP contribution in [0.4, 0.5) is 0 Å². The van der Waals surface area contributed by atoms with Gasteiger partial charge in [0, 0.05) is 0 Å². The van der Waals surface area contributed by atoms with Crippen molar-refractivity contribution in [1.82, 2.24) is 0 Å². The van der Waals surface area contributed by atoms with Gasteiger partial charge in [-0.05, 0) is 30.7 Å². The third kappa shape index (κ3) is 2.98. The van der Waals surface area contributed by atoms with Crippen molar-refractivity contribution in [1.29, 1.82) is 0 Å². The minimum absolute atomic E-state index is 0.135. The molecule has 0 unspecified atom stereocenters. The molecule has 0 fully saturated rings. The van der Waals surface area contributed by atoms with Gasteiger partial charge in [0.05, 0.1) is 5.56 Å². The number of hydrogen-bond donors (Lipinski definition) is 2. The van der Waals surface area contributed by atoms with Crippen LogP contribution in [0.3, 0.4) is 0 Å². The van der Waals surface area contributed by atoms with E-state index in [1.165, 1.54) is 24.3 Å². The van der Waals surface area contributed by atoms with E-state index in [1.54, 1.807) is 6.92 Å². The number of aromatic carboxylic acids is 1. The number of hydrogen-bond acceptors (Lipinski definition) is 3. The Balaban J connectivity index is 2.75. The topological polar surface area (TPSA) is 83.8 Å². The first-order valence-electron chi connectivity index (χ1n) is 4.77. The highest BCUT2D eigenvalue weighted by atomic mass is 16.5. The van der Waals surface area contributed by atoms with Gasteiger partial charge in [-0.25, -0.2) is 9.59 Å². The van der Waals surface area contributed by atoms with Crippen LogP contribution < -0.4 is 4.74 Å². The molecule has 1 aromatic rings. The Morgan fingerprint density at radius 1 is 1.25 bits per heavy atom. The summed E-state index contributed by atoms with van der Waals surface area (Å²) in [5.74, 6) is -1.72. The maximum Gasteiger partial charge on any atom is 0.344 e. The number of carboxylic acids is 2. The van der Waals surface area contributed by atoms with Gasteiger partial charge in [0.15, 0.2) is 6.10 Å². The van der Waals surface area contributed by atoms with Crippen LogP contribution in [-0.4, -0.2) is 28.3 Å². The van der Waals surface area contributed by atoms with Crippen molar-refractivity contribution in [2.45, 2.75) is 19.4 Å². The summed E-state index contributed by atoms with van der Waals surface area (Å²) in [6.45, 7) is 1.70. The van der Waals surface area contributed by atoms with Crippen molar-refractivity contribution < 1.29 is 24.5 Å². The second-order valence-corrected chi connectivity index (χ2v) is 3.18. The van der Waals surface area contributed by atoms with Crippen LogP contribution >= 0.6 is 0 Å². The molecule has 0 aliphatic carbocycles. The third-order valence-electron chi connectivity index (χ3n) is 2.03. The summed E-state index contributed by atoms with van der Waals surface area (Å²) in [5.41, 5.74) is 0.135. The average molecular weight is 224 g/mol. The van der Waals surface area contributed by atoms with Crippen LogP contribution in [0.1, 0.15) is 23.7 Å². The number of carboxylic acid groups (broad SMARTS) is 2. The van der Waals surface area contributed by atoms with Crippen LogP contribution in [-0.2, 0) is 4.79 Å². The number of rotatable bonds is 5. The molecule has 0 spiro atoms. The maximum atomic E-state index is 10.7.